The molecule has 3 aliphatic rings. The standard InChI is InChI=1S/C26H15ClN2S.C22H23BO2.C16H11Cl.C12H24B2O4.C10H9BO2.C10H4Cl2N2S.C6H4BrCl.CH3F/c27-26-28-23(25-24(29-26)21-7-3-4-8-22(21)30-25)18-12-9-17(10-13-18)20-14-11-16-5-1-2-6-19(16)15-20;1-21(2)22(3,4)25-23(24-21)20-13-11-17(12-14-20)19-10-9-16-7-5-6-8-18(16)15-19;17-16-9-7-13(8-10-16)15-6-5-12-3-1-2-4-14(12)11-15;1-9(2)10(3,4)16-13(15-9)14-17-11(5,6)12(7,8)18-14;12-11(13)10-6-5-8-3-1-2-4-9(8)7-10;11-9-8-7(13-10(12)14-9)5-3-1-2-4-6(5)15-8;7-5-1-3-6(8)4-2-5;1-2/h1-15H;5-15H,1-4H3;1-11H;1-8H3;1-7,12-13H;1-4H;1-4H;1H3/i;;;;;;;1D. The second-order valence-electron chi connectivity index (χ2n) is 33.8. The number of halogens is 7. The first kappa shape index (κ1) is 93.2. The van der Waals surface area contributed by atoms with Gasteiger partial charge in [0.25, 0.3) is 0 Å². The fourth-order valence-corrected chi connectivity index (χ4v) is 17.8. The van der Waals surface area contributed by atoms with Crippen molar-refractivity contribution in [2.75, 3.05) is 7.15 Å². The third kappa shape index (κ3) is 22.1. The Morgan fingerprint density at radius 2 is 0.648 bits per heavy atom. The van der Waals surface area contributed by atoms with Crippen LogP contribution in [0.15, 0.2) is 320 Å². The van der Waals surface area contributed by atoms with Crippen LogP contribution in [0.1, 0.15) is 84.5 Å². The molecule has 2 N–H and O–H groups in total. The smallest absolute Gasteiger partial charge is 0.423 e. The van der Waals surface area contributed by atoms with Gasteiger partial charge in [-0.2, -0.15) is 0 Å². The third-order valence-corrected chi connectivity index (χ3v) is 27.8. The van der Waals surface area contributed by atoms with E-state index in [4.69, 9.17) is 97.3 Å². The second kappa shape index (κ2) is 40.5. The average Bonchev–Trinajstić information content (AvgIpc) is 1.56. The Morgan fingerprint density at radius 3 is 1.05 bits per heavy atom. The van der Waals surface area contributed by atoms with E-state index in [1.165, 1.54) is 70.4 Å². The number of hydrogen-bond donors (Lipinski definition) is 2. The van der Waals surface area contributed by atoms with Crippen molar-refractivity contribution < 1.29 is 43.7 Å². The van der Waals surface area contributed by atoms with E-state index < -0.39 is 28.3 Å². The van der Waals surface area contributed by atoms with Crippen LogP contribution in [0.5, 0.6) is 0 Å². The molecule has 0 saturated carbocycles. The Morgan fingerprint density at radius 1 is 0.344 bits per heavy atom. The van der Waals surface area contributed by atoms with Gasteiger partial charge in [-0.3, -0.25) is 4.39 Å². The Balaban J connectivity index is 0.000000125. The zero-order valence-corrected chi connectivity index (χ0v) is 79.6. The fourth-order valence-electron chi connectivity index (χ4n) is 14.5. The predicted octanol–water partition coefficient (Wildman–Crippen LogP) is 28.6. The first-order chi connectivity index (χ1) is 61.5. The van der Waals surface area contributed by atoms with Gasteiger partial charge in [0, 0.05) is 40.3 Å². The molecule has 12 nitrogen and oxygen atoms in total. The van der Waals surface area contributed by atoms with Crippen LogP contribution in [0.2, 0.25) is 25.8 Å². The molecule has 3 saturated heterocycles. The maximum absolute atomic E-state index is 9.96. The fraction of sp³-hybridized carbons (Fsp3) is 0.184. The molecule has 0 unspecified atom stereocenters. The number of fused-ring (bicyclic) bond motifs is 10. The van der Waals surface area contributed by atoms with Gasteiger partial charge in [0.1, 0.15) is 0 Å². The highest BCUT2D eigenvalue weighted by Gasteiger charge is 2.64. The molecule has 14 aromatic carbocycles. The molecule has 0 bridgehead atoms. The molecular weight excluding hydrogens is 1800 g/mol. The number of aromatic nitrogens is 4. The summed E-state index contributed by atoms with van der Waals surface area (Å²) in [4.78, 5) is 17.2. The van der Waals surface area contributed by atoms with E-state index in [0.29, 0.717) is 10.6 Å². The van der Waals surface area contributed by atoms with E-state index in [0.717, 1.165) is 77.9 Å². The van der Waals surface area contributed by atoms with Gasteiger partial charge >= 0.3 is 28.3 Å². The minimum Gasteiger partial charge on any atom is -0.423 e. The highest BCUT2D eigenvalue weighted by Crippen LogP contribution is 2.45. The van der Waals surface area contributed by atoms with Crippen molar-refractivity contribution in [2.45, 2.75) is 117 Å². The number of rotatable bonds is 7. The van der Waals surface area contributed by atoms with Gasteiger partial charge < -0.3 is 38.0 Å². The maximum Gasteiger partial charge on any atom is 0.494 e. The van der Waals surface area contributed by atoms with Gasteiger partial charge in [-0.05, 0) is 260 Å². The Bertz CT molecular complexity index is 6870. The summed E-state index contributed by atoms with van der Waals surface area (Å²) in [5, 5.41) is 32.2. The van der Waals surface area contributed by atoms with Crippen LogP contribution in [-0.2, 0) is 27.9 Å². The molecular formula is C103H93B4BrCl5FN4O8S2. The minimum atomic E-state index is -1.38. The molecule has 3 fully saturated rings. The summed E-state index contributed by atoms with van der Waals surface area (Å²) in [5.74, 6) is 0. The SMILES string of the molecule is CC1(C)OB(B2OC(C)(C)C(C)(C)O2)OC1(C)C.CC1(C)OB(c2ccc(-c3ccc4ccccc4c3)cc2)OC1(C)C.Clc1ccc(-c2ccc3ccccc3c2)cc1.Clc1ccc(Br)cc1.Clc1nc(-c2ccc(-c3ccc4ccccc4c3)cc2)c2sc3ccccc3c2n1.Clc1nc(Cl)c2sc3ccccc3c2n1.OB(O)c1ccc2ccccc2c1.[2H]CF. The van der Waals surface area contributed by atoms with Gasteiger partial charge in [0.2, 0.25) is 10.6 Å². The van der Waals surface area contributed by atoms with Crippen LogP contribution in [0.3, 0.4) is 0 Å². The molecule has 4 aromatic heterocycles. The Kier molecular flexibility index (Phi) is 29.5. The molecule has 0 radical (unpaired) electrons. The molecule has 3 aliphatic heterocycles. The minimum absolute atomic E-state index is 0.191. The van der Waals surface area contributed by atoms with Crippen molar-refractivity contribution in [3.8, 4) is 44.6 Å². The Hall–Kier alpha value is -9.48. The van der Waals surface area contributed by atoms with Gasteiger partial charge in [0.05, 0.1) is 68.3 Å². The van der Waals surface area contributed by atoms with Crippen LogP contribution in [0, 0.1) is 0 Å². The van der Waals surface area contributed by atoms with E-state index in [2.05, 4.69) is 252 Å². The molecule has 18 aromatic rings. The molecule has 646 valence electrons. The Labute approximate surface area is 790 Å². The molecule has 0 spiro atoms. The van der Waals surface area contributed by atoms with E-state index >= 15 is 0 Å². The summed E-state index contributed by atoms with van der Waals surface area (Å²) in [6.07, 6.45) is 0. The van der Waals surface area contributed by atoms with Crippen molar-refractivity contribution in [1.29, 1.82) is 0 Å². The number of nitrogens with zero attached hydrogens (tertiary/aromatic N) is 4. The molecule has 21 rings (SSSR count). The quantitative estimate of drug-likeness (QED) is 0.0889. The van der Waals surface area contributed by atoms with Crippen LogP contribution in [0.25, 0.3) is 128 Å². The first-order valence-electron chi connectivity index (χ1n) is 42.2. The lowest BCUT2D eigenvalue weighted by Gasteiger charge is -2.32. The van der Waals surface area contributed by atoms with Gasteiger partial charge in [-0.15, -0.1) is 22.7 Å². The zero-order valence-electron chi connectivity index (χ0n) is 73.6. The summed E-state index contributed by atoms with van der Waals surface area (Å²) < 4.78 is 57.0. The lowest BCUT2D eigenvalue weighted by Crippen LogP contribution is -2.41. The highest BCUT2D eigenvalue weighted by atomic mass is 79.9. The zero-order chi connectivity index (χ0) is 91.7. The molecule has 7 heterocycles. The number of hydrogen-bond acceptors (Lipinski definition) is 14. The highest BCUT2D eigenvalue weighted by molar-refractivity contribution is 9.10. The number of alkyl halides is 1. The van der Waals surface area contributed by atoms with Crippen LogP contribution < -0.4 is 10.9 Å². The van der Waals surface area contributed by atoms with Crippen molar-refractivity contribution in [1.82, 2.24) is 19.9 Å². The topological polar surface area (TPSA) is 147 Å². The van der Waals surface area contributed by atoms with Gasteiger partial charge in [-0.1, -0.05) is 299 Å². The van der Waals surface area contributed by atoms with Gasteiger partial charge in [-0.25, -0.2) is 19.9 Å². The number of benzene rings is 14. The van der Waals surface area contributed by atoms with Crippen molar-refractivity contribution in [3.05, 3.63) is 346 Å². The lowest BCUT2D eigenvalue weighted by molar-refractivity contribution is 0.00578. The van der Waals surface area contributed by atoms with Crippen molar-refractivity contribution >= 4 is 219 Å². The van der Waals surface area contributed by atoms with E-state index in [1.807, 2.05) is 171 Å². The first-order valence-corrected chi connectivity index (χ1v) is 45.8. The van der Waals surface area contributed by atoms with Crippen molar-refractivity contribution in [3.63, 3.8) is 0 Å². The van der Waals surface area contributed by atoms with E-state index in [9.17, 15) is 4.39 Å². The lowest BCUT2D eigenvalue weighted by atomic mass is 9.49. The molecule has 0 amide bonds. The normalized spacial score (nSPS) is 15.4. The third-order valence-electron chi connectivity index (χ3n) is 23.7. The van der Waals surface area contributed by atoms with E-state index in [-0.39, 0.29) is 51.3 Å². The van der Waals surface area contributed by atoms with Crippen LogP contribution in [-0.4, -0.2) is 99.0 Å². The predicted molar refractivity (Wildman–Crippen MR) is 545 cm³/mol. The summed E-state index contributed by atoms with van der Waals surface area (Å²) in [6, 6.07) is 107. The molecule has 0 atom stereocenters. The number of thiophene rings is 2. The summed E-state index contributed by atoms with van der Waals surface area (Å²) >= 11 is 36.1. The van der Waals surface area contributed by atoms with Crippen LogP contribution >= 0.6 is 96.6 Å². The monoisotopic (exact) mass is 1900 g/mol. The summed E-state index contributed by atoms with van der Waals surface area (Å²) in [5.41, 5.74) is 10.4. The maximum atomic E-state index is 9.96. The second-order valence-corrected chi connectivity index (χ2v) is 38.8. The van der Waals surface area contributed by atoms with Crippen LogP contribution in [0.4, 0.5) is 4.39 Å². The average molecular weight is 1900 g/mol. The summed E-state index contributed by atoms with van der Waals surface area (Å²) in [7, 11) is -3.65. The van der Waals surface area contributed by atoms with Crippen molar-refractivity contribution in [2.24, 2.45) is 0 Å². The molecule has 25 heteroatoms. The summed E-state index contributed by atoms with van der Waals surface area (Å²) in [6.45, 7) is 24.5. The molecule has 0 aliphatic carbocycles. The van der Waals surface area contributed by atoms with Gasteiger partial charge in [0.15, 0.2) is 5.15 Å². The largest absolute Gasteiger partial charge is 0.494 e. The van der Waals surface area contributed by atoms with E-state index in [1.54, 1.807) is 34.8 Å². The molecule has 128 heavy (non-hydrogen) atoms.